The predicted octanol–water partition coefficient (Wildman–Crippen LogP) is 2.21. The molecule has 2 heterocycles. The van der Waals surface area contributed by atoms with Crippen LogP contribution in [0.1, 0.15) is 18.1 Å². The van der Waals surface area contributed by atoms with E-state index in [1.165, 1.54) is 0 Å². The molecule has 0 radical (unpaired) electrons. The molecule has 0 aliphatic carbocycles. The summed E-state index contributed by atoms with van der Waals surface area (Å²) in [5, 5.41) is 27.3. The molecule has 4 rings (SSSR count). The zero-order valence-corrected chi connectivity index (χ0v) is 16.9. The summed E-state index contributed by atoms with van der Waals surface area (Å²) in [4.78, 5) is 14.1. The summed E-state index contributed by atoms with van der Waals surface area (Å²) < 4.78 is 0. The molecule has 152 valence electrons. The minimum absolute atomic E-state index is 0.181. The molecule has 0 spiro atoms. The van der Waals surface area contributed by atoms with Gasteiger partial charge in [0, 0.05) is 58.5 Å². The Hall–Kier alpha value is -2.52. The van der Waals surface area contributed by atoms with Crippen LogP contribution in [0.5, 0.6) is 0 Å². The zero-order valence-electron chi connectivity index (χ0n) is 16.1. The van der Waals surface area contributed by atoms with Gasteiger partial charge in [0.05, 0.1) is 5.57 Å². The predicted molar refractivity (Wildman–Crippen MR) is 117 cm³/mol. The fourth-order valence-corrected chi connectivity index (χ4v) is 4.57. The Labute approximate surface area is 173 Å². The number of fused-ring (bicyclic) bond motifs is 1. The number of carbonyl (C=O) groups is 1. The fourth-order valence-electron chi connectivity index (χ4n) is 3.67. The summed E-state index contributed by atoms with van der Waals surface area (Å²) in [5.74, 6) is -0.415. The van der Waals surface area contributed by atoms with Crippen LogP contribution in [0.15, 0.2) is 48.2 Å². The van der Waals surface area contributed by atoms with Gasteiger partial charge in [0.2, 0.25) is 0 Å². The van der Waals surface area contributed by atoms with Gasteiger partial charge in [-0.25, -0.2) is 4.90 Å². The topological polar surface area (TPSA) is 111 Å². The molecule has 2 aromatic carbocycles. The second-order valence-electron chi connectivity index (χ2n) is 7.20. The average molecular weight is 413 g/mol. The van der Waals surface area contributed by atoms with E-state index in [-0.39, 0.29) is 5.91 Å². The molecule has 2 aromatic rings. The average Bonchev–Trinajstić information content (AvgIpc) is 3.04. The van der Waals surface area contributed by atoms with Crippen LogP contribution in [0, 0.1) is 0 Å². The highest BCUT2D eigenvalue weighted by Crippen LogP contribution is 2.35. The van der Waals surface area contributed by atoms with Crippen molar-refractivity contribution in [3.63, 3.8) is 0 Å². The number of allylic oxidation sites excluding steroid dienone is 1. The first kappa shape index (κ1) is 19.8. The number of thioether (sulfide) groups is 1. The second kappa shape index (κ2) is 7.72. The van der Waals surface area contributed by atoms with Gasteiger partial charge in [-0.3, -0.25) is 4.79 Å². The van der Waals surface area contributed by atoms with Gasteiger partial charge in [-0.15, -0.1) is 0 Å². The number of carbonyl (C=O) groups excluding carboxylic acids is 1. The van der Waals surface area contributed by atoms with Gasteiger partial charge in [0.25, 0.3) is 11.8 Å². The van der Waals surface area contributed by atoms with E-state index in [1.54, 1.807) is 47.4 Å². The lowest BCUT2D eigenvalue weighted by atomic mass is 10.0. The summed E-state index contributed by atoms with van der Waals surface area (Å²) in [7, 11) is 0. The minimum atomic E-state index is -1.99. The summed E-state index contributed by atoms with van der Waals surface area (Å²) in [6.07, 6.45) is 0. The van der Waals surface area contributed by atoms with Gasteiger partial charge in [-0.1, -0.05) is 12.1 Å². The number of nitrogens with one attached hydrogen (secondary N) is 2. The molecule has 0 saturated carbocycles. The van der Waals surface area contributed by atoms with Crippen molar-refractivity contribution in [1.82, 2.24) is 4.90 Å². The lowest BCUT2D eigenvalue weighted by Gasteiger charge is -2.37. The minimum Gasteiger partial charge on any atom is -0.399 e. The Kier molecular flexibility index (Phi) is 5.26. The summed E-state index contributed by atoms with van der Waals surface area (Å²) in [6.45, 7) is 3.08. The highest BCUT2D eigenvalue weighted by Gasteiger charge is 2.35. The first-order chi connectivity index (χ1) is 13.9. The van der Waals surface area contributed by atoms with Crippen molar-refractivity contribution in [3.05, 3.63) is 59.3 Å². The number of hydrogen-bond donors (Lipinski definition) is 5. The third-order valence-corrected chi connectivity index (χ3v) is 6.16. The van der Waals surface area contributed by atoms with E-state index < -0.39 is 5.91 Å². The van der Waals surface area contributed by atoms with E-state index in [1.807, 2.05) is 18.7 Å². The zero-order chi connectivity index (χ0) is 20.6. The maximum absolute atomic E-state index is 12.4. The Balaban J connectivity index is 1.56. The molecule has 0 unspecified atom stereocenters. The number of benzene rings is 2. The quantitative estimate of drug-likeness (QED) is 0.297. The lowest BCUT2D eigenvalue weighted by Crippen LogP contribution is -2.49. The van der Waals surface area contributed by atoms with Crippen LogP contribution < -0.4 is 16.4 Å². The first-order valence-electron chi connectivity index (χ1n) is 9.43. The molecule has 1 fully saturated rings. The smallest absolute Gasteiger partial charge is 0.258 e. The van der Waals surface area contributed by atoms with Crippen molar-refractivity contribution in [2.45, 2.75) is 12.8 Å². The molecule has 0 bridgehead atoms. The van der Waals surface area contributed by atoms with E-state index in [2.05, 4.69) is 10.6 Å². The van der Waals surface area contributed by atoms with Crippen LogP contribution in [-0.4, -0.2) is 45.6 Å². The molecule has 1 saturated heterocycles. The van der Waals surface area contributed by atoms with E-state index in [0.29, 0.717) is 35.6 Å². The van der Waals surface area contributed by atoms with Gasteiger partial charge in [0.15, 0.2) is 0 Å². The number of rotatable bonds is 4. The maximum atomic E-state index is 12.4. The fraction of sp³-hybridized carbons (Fsp3) is 0.286. The van der Waals surface area contributed by atoms with Crippen LogP contribution in [0.4, 0.5) is 17.1 Å². The molecular formula is C21H24N4O3S. The third-order valence-electron chi connectivity index (χ3n) is 5.22. The van der Waals surface area contributed by atoms with Crippen LogP contribution in [0.25, 0.3) is 5.57 Å². The SMILES string of the molecule is C/C(Nc1ccc(C(O)(O)N2CCSCC2)cc1)=C1/C(=O)Nc2ccc(N)cc21. The Bertz CT molecular complexity index is 966. The summed E-state index contributed by atoms with van der Waals surface area (Å²) >= 11 is 1.81. The highest BCUT2D eigenvalue weighted by molar-refractivity contribution is 7.99. The van der Waals surface area contributed by atoms with E-state index in [0.717, 1.165) is 28.4 Å². The van der Waals surface area contributed by atoms with Gasteiger partial charge in [-0.05, 0) is 37.3 Å². The van der Waals surface area contributed by atoms with Gasteiger partial charge in [0.1, 0.15) is 0 Å². The molecule has 2 aliphatic rings. The molecule has 0 aromatic heterocycles. The maximum Gasteiger partial charge on any atom is 0.258 e. The second-order valence-corrected chi connectivity index (χ2v) is 8.42. The number of anilines is 3. The van der Waals surface area contributed by atoms with Crippen LogP contribution in [0.3, 0.4) is 0 Å². The number of hydrogen-bond acceptors (Lipinski definition) is 7. The van der Waals surface area contributed by atoms with Crippen molar-refractivity contribution in [3.8, 4) is 0 Å². The Morgan fingerprint density at radius 1 is 1.17 bits per heavy atom. The van der Waals surface area contributed by atoms with Crippen molar-refractivity contribution in [2.24, 2.45) is 0 Å². The highest BCUT2D eigenvalue weighted by atomic mass is 32.2. The largest absolute Gasteiger partial charge is 0.399 e. The van der Waals surface area contributed by atoms with E-state index >= 15 is 0 Å². The first-order valence-corrected chi connectivity index (χ1v) is 10.6. The Morgan fingerprint density at radius 3 is 2.55 bits per heavy atom. The summed E-state index contributed by atoms with van der Waals surface area (Å²) in [5.41, 5.74) is 10.4. The molecule has 2 aliphatic heterocycles. The molecule has 0 atom stereocenters. The van der Waals surface area contributed by atoms with Crippen molar-refractivity contribution < 1.29 is 15.0 Å². The molecular weight excluding hydrogens is 388 g/mol. The lowest BCUT2D eigenvalue weighted by molar-refractivity contribution is -0.273. The van der Waals surface area contributed by atoms with Crippen molar-refractivity contribution in [2.75, 3.05) is 41.0 Å². The standard InChI is InChI=1S/C21H24N4O3S/c1-13(19-17-12-15(22)4-7-18(17)24-20(19)26)23-16-5-2-14(3-6-16)21(27,28)25-8-10-29-11-9-25/h2-7,12,23,27-28H,8-11,22H2,1H3,(H,24,26)/b19-13-. The van der Waals surface area contributed by atoms with Crippen LogP contribution >= 0.6 is 11.8 Å². The van der Waals surface area contributed by atoms with Gasteiger partial charge >= 0.3 is 0 Å². The number of nitrogens with two attached hydrogens (primary N) is 1. The number of nitrogen functional groups attached to an aromatic ring is 1. The molecule has 1 amide bonds. The molecule has 29 heavy (non-hydrogen) atoms. The van der Waals surface area contributed by atoms with E-state index in [9.17, 15) is 15.0 Å². The number of amides is 1. The van der Waals surface area contributed by atoms with E-state index in [4.69, 9.17) is 5.73 Å². The molecule has 6 N–H and O–H groups in total. The normalized spacial score (nSPS) is 18.9. The monoisotopic (exact) mass is 412 g/mol. The number of aliphatic hydroxyl groups is 2. The van der Waals surface area contributed by atoms with Crippen molar-refractivity contribution >= 4 is 40.3 Å². The Morgan fingerprint density at radius 2 is 1.86 bits per heavy atom. The van der Waals surface area contributed by atoms with Gasteiger partial charge < -0.3 is 26.6 Å². The van der Waals surface area contributed by atoms with Gasteiger partial charge in [-0.2, -0.15) is 11.8 Å². The van der Waals surface area contributed by atoms with Crippen molar-refractivity contribution in [1.29, 1.82) is 0 Å². The van der Waals surface area contributed by atoms with Crippen LogP contribution in [-0.2, 0) is 10.7 Å². The number of nitrogens with zero attached hydrogens (tertiary/aromatic N) is 1. The molecule has 7 nitrogen and oxygen atoms in total. The van der Waals surface area contributed by atoms with Crippen LogP contribution in [0.2, 0.25) is 0 Å². The third kappa shape index (κ3) is 3.84. The summed E-state index contributed by atoms with van der Waals surface area (Å²) in [6, 6.07) is 12.2. The molecule has 8 heteroatoms.